The summed E-state index contributed by atoms with van der Waals surface area (Å²) >= 11 is 0. The number of phosphoric ester groups is 1. The van der Waals surface area contributed by atoms with E-state index in [1.165, 1.54) is 0 Å². The fraction of sp³-hybridized carbons (Fsp3) is 1.00. The van der Waals surface area contributed by atoms with Crippen LogP contribution >= 0.6 is 15.6 Å². The molecule has 1 fully saturated rings. The van der Waals surface area contributed by atoms with E-state index in [9.17, 15) is 24.4 Å². The molecule has 0 bridgehead atoms. The molecular formula is C6H15NO11P2. The Bertz CT molecular complexity index is 423. The lowest BCUT2D eigenvalue weighted by Gasteiger charge is -2.39. The smallest absolute Gasteiger partial charge is 0.388 e. The van der Waals surface area contributed by atoms with Gasteiger partial charge in [0.05, 0.1) is 0 Å². The molecule has 0 amide bonds. The van der Waals surface area contributed by atoms with Gasteiger partial charge in [-0.1, -0.05) is 0 Å². The molecule has 1 saturated heterocycles. The number of ether oxygens (including phenoxy) is 1. The number of hydrogen-bond donors (Lipinski definition) is 7. The van der Waals surface area contributed by atoms with Crippen LogP contribution in [0.1, 0.15) is 0 Å². The van der Waals surface area contributed by atoms with E-state index < -0.39 is 46.4 Å². The molecule has 8 N–H and O–H groups in total. The zero-order valence-corrected chi connectivity index (χ0v) is 11.6. The maximum Gasteiger partial charge on any atom is 0.483 e. The molecule has 1 unspecified atom stereocenters. The van der Waals surface area contributed by atoms with Gasteiger partial charge in [0.2, 0.25) is 0 Å². The van der Waals surface area contributed by atoms with Gasteiger partial charge in [-0.15, -0.1) is 0 Å². The summed E-state index contributed by atoms with van der Waals surface area (Å²) in [6.45, 7) is -0.320. The monoisotopic (exact) mass is 339 g/mol. The minimum Gasteiger partial charge on any atom is -0.388 e. The van der Waals surface area contributed by atoms with Crippen LogP contribution in [0.3, 0.4) is 0 Å². The molecule has 0 aromatic heterocycles. The standard InChI is InChI=1S/C6H15NO11P2/c7-1-2-3(8)4(9)5(10)6(16-2)17-20(14,15)18-19(11,12)13/h2-6,8-10H,1,7H2,(H,14,15)(H2,11,12,13)/t2-,3-,4+,5-,6-/m1/s1. The van der Waals surface area contributed by atoms with Gasteiger partial charge in [0.15, 0.2) is 6.29 Å². The summed E-state index contributed by atoms with van der Waals surface area (Å²) in [5.74, 6) is 0. The third kappa shape index (κ3) is 4.81. The van der Waals surface area contributed by atoms with Crippen molar-refractivity contribution >= 4 is 15.6 Å². The molecule has 14 heteroatoms. The summed E-state index contributed by atoms with van der Waals surface area (Å²) in [5, 5.41) is 28.4. The molecule has 0 aromatic carbocycles. The Kier molecular flexibility index (Phi) is 5.83. The van der Waals surface area contributed by atoms with Crippen molar-refractivity contribution in [1.82, 2.24) is 0 Å². The van der Waals surface area contributed by atoms with Gasteiger partial charge in [-0.2, -0.15) is 4.31 Å². The normalized spacial score (nSPS) is 38.5. The average molecular weight is 339 g/mol. The van der Waals surface area contributed by atoms with Crippen molar-refractivity contribution in [2.45, 2.75) is 30.7 Å². The number of aliphatic hydroxyl groups is 3. The maximum atomic E-state index is 11.3. The van der Waals surface area contributed by atoms with E-state index in [4.69, 9.17) is 25.2 Å². The molecule has 0 aromatic rings. The second kappa shape index (κ2) is 6.44. The van der Waals surface area contributed by atoms with Crippen LogP contribution < -0.4 is 5.73 Å². The lowest BCUT2D eigenvalue weighted by molar-refractivity contribution is -0.272. The Morgan fingerprint density at radius 1 is 1.05 bits per heavy atom. The van der Waals surface area contributed by atoms with E-state index in [2.05, 4.69) is 8.83 Å². The van der Waals surface area contributed by atoms with Crippen molar-refractivity contribution in [2.24, 2.45) is 5.73 Å². The van der Waals surface area contributed by atoms with Gasteiger partial charge in [0, 0.05) is 6.54 Å². The molecule has 1 heterocycles. The number of nitrogens with two attached hydrogens (primary N) is 1. The van der Waals surface area contributed by atoms with E-state index in [1.807, 2.05) is 0 Å². The summed E-state index contributed by atoms with van der Waals surface area (Å²) in [7, 11) is -10.6. The third-order valence-electron chi connectivity index (χ3n) is 2.35. The second-order valence-electron chi connectivity index (χ2n) is 3.90. The van der Waals surface area contributed by atoms with Crippen LogP contribution in [0.4, 0.5) is 0 Å². The highest BCUT2D eigenvalue weighted by Gasteiger charge is 2.47. The molecule has 20 heavy (non-hydrogen) atoms. The van der Waals surface area contributed by atoms with E-state index in [0.717, 1.165) is 0 Å². The first-order chi connectivity index (χ1) is 8.97. The number of rotatable bonds is 5. The molecule has 1 aliphatic rings. The van der Waals surface area contributed by atoms with Gasteiger partial charge in [0.25, 0.3) is 0 Å². The Morgan fingerprint density at radius 2 is 1.60 bits per heavy atom. The maximum absolute atomic E-state index is 11.3. The average Bonchev–Trinajstić information content (AvgIpc) is 2.26. The first-order valence-corrected chi connectivity index (χ1v) is 8.17. The van der Waals surface area contributed by atoms with Crippen molar-refractivity contribution < 1.29 is 52.7 Å². The van der Waals surface area contributed by atoms with Crippen molar-refractivity contribution in [3.63, 3.8) is 0 Å². The third-order valence-corrected chi connectivity index (χ3v) is 4.50. The van der Waals surface area contributed by atoms with Crippen molar-refractivity contribution in [1.29, 1.82) is 0 Å². The van der Waals surface area contributed by atoms with Gasteiger partial charge in [-0.05, 0) is 0 Å². The molecule has 12 nitrogen and oxygen atoms in total. The first-order valence-electron chi connectivity index (χ1n) is 5.14. The van der Waals surface area contributed by atoms with Gasteiger partial charge < -0.3 is 40.5 Å². The van der Waals surface area contributed by atoms with Gasteiger partial charge in [-0.25, -0.2) is 9.13 Å². The lowest BCUT2D eigenvalue weighted by atomic mass is 9.99. The fourth-order valence-corrected chi connectivity index (χ4v) is 3.15. The zero-order chi connectivity index (χ0) is 15.7. The van der Waals surface area contributed by atoms with Gasteiger partial charge >= 0.3 is 15.6 Å². The van der Waals surface area contributed by atoms with Crippen LogP contribution in [0.15, 0.2) is 0 Å². The van der Waals surface area contributed by atoms with Gasteiger partial charge in [0.1, 0.15) is 24.4 Å². The first kappa shape index (κ1) is 18.1. The Labute approximate surface area is 112 Å². The molecular weight excluding hydrogens is 324 g/mol. The number of hydrogen-bond acceptors (Lipinski definition) is 9. The van der Waals surface area contributed by atoms with E-state index >= 15 is 0 Å². The van der Waals surface area contributed by atoms with Crippen LogP contribution in [0.2, 0.25) is 0 Å². The number of phosphoric acid groups is 2. The quantitative estimate of drug-likeness (QED) is 0.250. The summed E-state index contributed by atoms with van der Waals surface area (Å²) < 4.78 is 34.3. The molecule has 6 atom stereocenters. The van der Waals surface area contributed by atoms with Crippen molar-refractivity contribution in [3.05, 3.63) is 0 Å². The Balaban J connectivity index is 2.80. The van der Waals surface area contributed by atoms with Crippen LogP contribution in [0.25, 0.3) is 0 Å². The highest BCUT2D eigenvalue weighted by Crippen LogP contribution is 2.58. The molecule has 0 saturated carbocycles. The Hall–Kier alpha value is 0.0600. The molecule has 0 aliphatic carbocycles. The van der Waals surface area contributed by atoms with E-state index in [1.54, 1.807) is 0 Å². The number of aliphatic hydroxyl groups excluding tert-OH is 3. The van der Waals surface area contributed by atoms with Crippen LogP contribution in [-0.2, 0) is 22.7 Å². The summed E-state index contributed by atoms with van der Waals surface area (Å²) in [6.07, 6.45) is -8.56. The summed E-state index contributed by atoms with van der Waals surface area (Å²) in [5.41, 5.74) is 5.21. The van der Waals surface area contributed by atoms with Crippen molar-refractivity contribution in [2.75, 3.05) is 6.54 Å². The zero-order valence-electron chi connectivity index (χ0n) is 9.79. The van der Waals surface area contributed by atoms with Crippen molar-refractivity contribution in [3.8, 4) is 0 Å². The molecule has 120 valence electrons. The second-order valence-corrected chi connectivity index (χ2v) is 6.68. The van der Waals surface area contributed by atoms with Crippen LogP contribution in [0.5, 0.6) is 0 Å². The predicted octanol–water partition coefficient (Wildman–Crippen LogP) is -3.02. The van der Waals surface area contributed by atoms with E-state index in [-0.39, 0.29) is 6.54 Å². The SMILES string of the molecule is NC[C@H]1O[C@H](OP(=O)(O)OP(=O)(O)O)[C@H](O)[C@@H](O)[C@@H]1O. The molecule has 0 spiro atoms. The molecule has 0 radical (unpaired) electrons. The van der Waals surface area contributed by atoms with Gasteiger partial charge in [-0.3, -0.25) is 4.52 Å². The van der Waals surface area contributed by atoms with E-state index in [0.29, 0.717) is 0 Å². The lowest BCUT2D eigenvalue weighted by Crippen LogP contribution is -2.59. The van der Waals surface area contributed by atoms with Crippen LogP contribution in [-0.4, -0.2) is 67.3 Å². The minimum absolute atomic E-state index is 0.320. The molecule has 1 rings (SSSR count). The van der Waals surface area contributed by atoms with Crippen LogP contribution in [0, 0.1) is 0 Å². The molecule has 1 aliphatic heterocycles. The minimum atomic E-state index is -5.34. The summed E-state index contributed by atoms with van der Waals surface area (Å²) in [4.78, 5) is 25.9. The Morgan fingerprint density at radius 3 is 2.05 bits per heavy atom. The topological polar surface area (TPSA) is 209 Å². The predicted molar refractivity (Wildman–Crippen MR) is 59.8 cm³/mol. The summed E-state index contributed by atoms with van der Waals surface area (Å²) in [6, 6.07) is 0. The largest absolute Gasteiger partial charge is 0.483 e. The fourth-order valence-electron chi connectivity index (χ4n) is 1.48. The highest BCUT2D eigenvalue weighted by atomic mass is 31.3. The highest BCUT2D eigenvalue weighted by molar-refractivity contribution is 7.60.